The summed E-state index contributed by atoms with van der Waals surface area (Å²) in [5.74, 6) is 0. The first-order valence-electron chi connectivity index (χ1n) is 7.17. The van der Waals surface area contributed by atoms with E-state index in [9.17, 15) is 0 Å². The minimum absolute atomic E-state index is 0.323. The molecule has 1 aliphatic heterocycles. The summed E-state index contributed by atoms with van der Waals surface area (Å²) in [6, 6.07) is 11.3. The van der Waals surface area contributed by atoms with E-state index in [4.69, 9.17) is 0 Å². The van der Waals surface area contributed by atoms with Gasteiger partial charge < -0.3 is 5.32 Å². The second-order valence-corrected chi connectivity index (χ2v) is 5.93. The molecule has 1 aromatic carbocycles. The van der Waals surface area contributed by atoms with Crippen molar-refractivity contribution in [1.82, 2.24) is 10.2 Å². The summed E-state index contributed by atoms with van der Waals surface area (Å²) in [5.41, 5.74) is 1.73. The van der Waals surface area contributed by atoms with E-state index in [1.165, 1.54) is 18.4 Å². The van der Waals surface area contributed by atoms with Crippen LogP contribution >= 0.6 is 0 Å². The third-order valence-electron chi connectivity index (χ3n) is 4.10. The fraction of sp³-hybridized carbons (Fsp3) is 0.625. The monoisotopic (exact) mass is 246 g/mol. The Labute approximate surface area is 111 Å². The highest BCUT2D eigenvalue weighted by Gasteiger charge is 2.30. The standard InChI is InChI=1S/C16H26N2/c1-4-10-16(2,3)18-12-11-17-15(13-18)14-8-6-5-7-9-14/h5-9,15,17H,4,10-13H2,1-3H3. The Morgan fingerprint density at radius 2 is 2.00 bits per heavy atom. The van der Waals surface area contributed by atoms with E-state index in [0.29, 0.717) is 11.6 Å². The van der Waals surface area contributed by atoms with Crippen LogP contribution in [0.25, 0.3) is 0 Å². The minimum atomic E-state index is 0.323. The zero-order chi connectivity index (χ0) is 13.0. The quantitative estimate of drug-likeness (QED) is 0.877. The largest absolute Gasteiger partial charge is 0.308 e. The molecule has 0 aliphatic carbocycles. The molecule has 0 aromatic heterocycles. The van der Waals surface area contributed by atoms with Gasteiger partial charge in [0.25, 0.3) is 0 Å². The van der Waals surface area contributed by atoms with Gasteiger partial charge in [-0.05, 0) is 25.8 Å². The van der Waals surface area contributed by atoms with Crippen LogP contribution in [-0.2, 0) is 0 Å². The van der Waals surface area contributed by atoms with Crippen molar-refractivity contribution in [3.05, 3.63) is 35.9 Å². The first-order valence-corrected chi connectivity index (χ1v) is 7.17. The van der Waals surface area contributed by atoms with Crippen LogP contribution in [0.5, 0.6) is 0 Å². The van der Waals surface area contributed by atoms with Crippen molar-refractivity contribution in [2.75, 3.05) is 19.6 Å². The van der Waals surface area contributed by atoms with E-state index in [1.807, 2.05) is 0 Å². The van der Waals surface area contributed by atoms with Gasteiger partial charge in [-0.3, -0.25) is 4.90 Å². The highest BCUT2D eigenvalue weighted by atomic mass is 15.2. The maximum Gasteiger partial charge on any atom is 0.0449 e. The average molecular weight is 246 g/mol. The van der Waals surface area contributed by atoms with Crippen LogP contribution in [0.3, 0.4) is 0 Å². The maximum atomic E-state index is 3.64. The van der Waals surface area contributed by atoms with Gasteiger partial charge in [-0.25, -0.2) is 0 Å². The van der Waals surface area contributed by atoms with Crippen LogP contribution in [0.4, 0.5) is 0 Å². The van der Waals surface area contributed by atoms with E-state index in [0.717, 1.165) is 19.6 Å². The van der Waals surface area contributed by atoms with Gasteiger partial charge in [0, 0.05) is 31.2 Å². The van der Waals surface area contributed by atoms with Crippen LogP contribution in [0.15, 0.2) is 30.3 Å². The average Bonchev–Trinajstić information content (AvgIpc) is 2.40. The van der Waals surface area contributed by atoms with E-state index < -0.39 is 0 Å². The normalized spacial score (nSPS) is 22.1. The lowest BCUT2D eigenvalue weighted by Gasteiger charge is -2.44. The molecule has 1 N–H and O–H groups in total. The number of hydrogen-bond acceptors (Lipinski definition) is 2. The fourth-order valence-electron chi connectivity index (χ4n) is 2.98. The number of nitrogens with one attached hydrogen (secondary N) is 1. The summed E-state index contributed by atoms with van der Waals surface area (Å²) in [7, 11) is 0. The summed E-state index contributed by atoms with van der Waals surface area (Å²) >= 11 is 0. The summed E-state index contributed by atoms with van der Waals surface area (Å²) < 4.78 is 0. The Morgan fingerprint density at radius 3 is 2.67 bits per heavy atom. The van der Waals surface area contributed by atoms with Gasteiger partial charge in [0.1, 0.15) is 0 Å². The summed E-state index contributed by atoms with van der Waals surface area (Å²) in [4.78, 5) is 2.64. The maximum absolute atomic E-state index is 3.64. The molecule has 0 spiro atoms. The Bertz CT molecular complexity index is 359. The Balaban J connectivity index is 2.05. The van der Waals surface area contributed by atoms with Gasteiger partial charge >= 0.3 is 0 Å². The highest BCUT2D eigenvalue weighted by Crippen LogP contribution is 2.26. The lowest BCUT2D eigenvalue weighted by molar-refractivity contribution is 0.0747. The van der Waals surface area contributed by atoms with Crippen molar-refractivity contribution in [1.29, 1.82) is 0 Å². The van der Waals surface area contributed by atoms with Crippen molar-refractivity contribution >= 4 is 0 Å². The predicted octanol–water partition coefficient (Wildman–Crippen LogP) is 3.21. The zero-order valence-corrected chi connectivity index (χ0v) is 11.9. The van der Waals surface area contributed by atoms with Crippen molar-refractivity contribution in [2.24, 2.45) is 0 Å². The first kappa shape index (κ1) is 13.6. The lowest BCUT2D eigenvalue weighted by atomic mass is 9.93. The van der Waals surface area contributed by atoms with Crippen LogP contribution in [0.2, 0.25) is 0 Å². The topological polar surface area (TPSA) is 15.3 Å². The van der Waals surface area contributed by atoms with E-state index in [1.54, 1.807) is 0 Å². The summed E-state index contributed by atoms with van der Waals surface area (Å²) in [6.45, 7) is 10.4. The summed E-state index contributed by atoms with van der Waals surface area (Å²) in [5, 5.41) is 3.64. The van der Waals surface area contributed by atoms with Crippen LogP contribution in [-0.4, -0.2) is 30.1 Å². The molecule has 1 aliphatic rings. The van der Waals surface area contributed by atoms with Gasteiger partial charge in [0.2, 0.25) is 0 Å². The molecule has 1 fully saturated rings. The Kier molecular flexibility index (Phi) is 4.41. The molecular weight excluding hydrogens is 220 g/mol. The number of hydrogen-bond donors (Lipinski definition) is 1. The van der Waals surface area contributed by atoms with Crippen molar-refractivity contribution in [2.45, 2.75) is 45.2 Å². The third kappa shape index (κ3) is 3.12. The van der Waals surface area contributed by atoms with Crippen molar-refractivity contribution in [3.8, 4) is 0 Å². The van der Waals surface area contributed by atoms with E-state index in [-0.39, 0.29) is 0 Å². The smallest absolute Gasteiger partial charge is 0.0449 e. The van der Waals surface area contributed by atoms with Gasteiger partial charge in [0.15, 0.2) is 0 Å². The number of benzene rings is 1. The third-order valence-corrected chi connectivity index (χ3v) is 4.10. The second-order valence-electron chi connectivity index (χ2n) is 5.93. The van der Waals surface area contributed by atoms with Gasteiger partial charge in [-0.2, -0.15) is 0 Å². The minimum Gasteiger partial charge on any atom is -0.308 e. The van der Waals surface area contributed by atoms with Crippen LogP contribution < -0.4 is 5.32 Å². The zero-order valence-electron chi connectivity index (χ0n) is 11.9. The molecule has 0 bridgehead atoms. The highest BCUT2D eigenvalue weighted by molar-refractivity contribution is 5.20. The second kappa shape index (κ2) is 5.85. The van der Waals surface area contributed by atoms with Gasteiger partial charge in [0.05, 0.1) is 0 Å². The molecular formula is C16H26N2. The molecule has 18 heavy (non-hydrogen) atoms. The summed E-state index contributed by atoms with van der Waals surface area (Å²) in [6.07, 6.45) is 2.53. The molecule has 1 unspecified atom stereocenters. The predicted molar refractivity (Wildman–Crippen MR) is 77.7 cm³/mol. The Morgan fingerprint density at radius 1 is 1.28 bits per heavy atom. The Hall–Kier alpha value is -0.860. The SMILES string of the molecule is CCCC(C)(C)N1CCNC(c2ccccc2)C1. The van der Waals surface area contributed by atoms with Crippen molar-refractivity contribution in [3.63, 3.8) is 0 Å². The van der Waals surface area contributed by atoms with Crippen molar-refractivity contribution < 1.29 is 0 Å². The van der Waals surface area contributed by atoms with Crippen LogP contribution in [0, 0.1) is 0 Å². The molecule has 1 aromatic rings. The molecule has 1 heterocycles. The number of piperazine rings is 1. The fourth-order valence-corrected chi connectivity index (χ4v) is 2.98. The number of nitrogens with zero attached hydrogens (tertiary/aromatic N) is 1. The van der Waals surface area contributed by atoms with E-state index in [2.05, 4.69) is 61.3 Å². The lowest BCUT2D eigenvalue weighted by Crippen LogP contribution is -2.54. The van der Waals surface area contributed by atoms with Gasteiger partial charge in [-0.15, -0.1) is 0 Å². The molecule has 100 valence electrons. The molecule has 1 saturated heterocycles. The van der Waals surface area contributed by atoms with E-state index >= 15 is 0 Å². The molecule has 2 heteroatoms. The number of rotatable bonds is 4. The molecule has 0 amide bonds. The molecule has 1 atom stereocenters. The molecule has 2 rings (SSSR count). The molecule has 2 nitrogen and oxygen atoms in total. The van der Waals surface area contributed by atoms with Gasteiger partial charge in [-0.1, -0.05) is 43.7 Å². The van der Waals surface area contributed by atoms with Crippen LogP contribution in [0.1, 0.15) is 45.2 Å². The molecule has 0 saturated carbocycles. The first-order chi connectivity index (χ1) is 8.63. The molecule has 0 radical (unpaired) electrons.